The molecule has 0 radical (unpaired) electrons. The first kappa shape index (κ1) is 12.9. The Bertz CT molecular complexity index is 389. The maximum absolute atomic E-state index is 5.21. The van der Waals surface area contributed by atoms with Gasteiger partial charge in [0.25, 0.3) is 0 Å². The van der Waals surface area contributed by atoms with E-state index in [-0.39, 0.29) is 0 Å². The molecular weight excluding hydrogens is 228 g/mol. The number of hydrogen-bond acceptors (Lipinski definition) is 4. The third-order valence-corrected chi connectivity index (χ3v) is 3.18. The molecule has 0 amide bonds. The molecule has 0 aromatic heterocycles. The third-order valence-electron chi connectivity index (χ3n) is 3.18. The molecule has 0 unspecified atom stereocenters. The summed E-state index contributed by atoms with van der Waals surface area (Å²) in [5.74, 6) is 0.866. The van der Waals surface area contributed by atoms with E-state index in [0.29, 0.717) is 6.04 Å². The molecule has 1 heterocycles. The van der Waals surface area contributed by atoms with Gasteiger partial charge in [0.05, 0.1) is 26.0 Å². The molecule has 0 N–H and O–H groups in total. The summed E-state index contributed by atoms with van der Waals surface area (Å²) in [6.07, 6.45) is 4.25. The summed E-state index contributed by atoms with van der Waals surface area (Å²) in [6, 6.07) is 8.31. The average Bonchev–Trinajstić information content (AvgIpc) is 2.85. The van der Waals surface area contributed by atoms with Gasteiger partial charge >= 0.3 is 0 Å². The van der Waals surface area contributed by atoms with E-state index in [1.165, 1.54) is 6.42 Å². The Morgan fingerprint density at radius 1 is 1.33 bits per heavy atom. The highest BCUT2D eigenvalue weighted by Crippen LogP contribution is 2.17. The fourth-order valence-corrected chi connectivity index (χ4v) is 2.17. The normalized spacial score (nSPS) is 19.7. The Balaban J connectivity index is 1.96. The molecule has 0 aliphatic carbocycles. The highest BCUT2D eigenvalue weighted by atomic mass is 16.5. The number of hydrogen-bond donors (Lipinski definition) is 0. The smallest absolute Gasteiger partial charge is 0.118 e. The van der Waals surface area contributed by atoms with Gasteiger partial charge in [-0.15, -0.1) is 0 Å². The SMILES string of the molecule is COC[C@@H]1CCCN1/N=C/c1ccc(OC)cc1. The van der Waals surface area contributed by atoms with Gasteiger partial charge in [0.1, 0.15) is 5.75 Å². The number of rotatable bonds is 5. The lowest BCUT2D eigenvalue weighted by molar-refractivity contribution is 0.118. The van der Waals surface area contributed by atoms with Crippen LogP contribution in [0.5, 0.6) is 5.75 Å². The van der Waals surface area contributed by atoms with Crippen LogP contribution < -0.4 is 4.74 Å². The molecule has 0 saturated carbocycles. The molecule has 1 atom stereocenters. The molecule has 1 fully saturated rings. The van der Waals surface area contributed by atoms with Crippen molar-refractivity contribution >= 4 is 6.21 Å². The van der Waals surface area contributed by atoms with Gasteiger partial charge in [0.2, 0.25) is 0 Å². The Morgan fingerprint density at radius 3 is 2.78 bits per heavy atom. The topological polar surface area (TPSA) is 34.1 Å². The monoisotopic (exact) mass is 248 g/mol. The second kappa shape index (κ2) is 6.40. The van der Waals surface area contributed by atoms with Gasteiger partial charge in [-0.1, -0.05) is 0 Å². The Morgan fingerprint density at radius 2 is 2.11 bits per heavy atom. The van der Waals surface area contributed by atoms with Crippen molar-refractivity contribution in [1.82, 2.24) is 5.01 Å². The van der Waals surface area contributed by atoms with E-state index in [2.05, 4.69) is 10.1 Å². The second-order valence-corrected chi connectivity index (χ2v) is 4.43. The first-order valence-corrected chi connectivity index (χ1v) is 6.27. The molecule has 1 aromatic rings. The van der Waals surface area contributed by atoms with Crippen LogP contribution in [0.4, 0.5) is 0 Å². The fourth-order valence-electron chi connectivity index (χ4n) is 2.17. The summed E-state index contributed by atoms with van der Waals surface area (Å²) in [5, 5.41) is 6.66. The van der Waals surface area contributed by atoms with Crippen molar-refractivity contribution in [3.05, 3.63) is 29.8 Å². The van der Waals surface area contributed by atoms with Crippen LogP contribution in [0.3, 0.4) is 0 Å². The largest absolute Gasteiger partial charge is 0.497 e. The summed E-state index contributed by atoms with van der Waals surface area (Å²) in [4.78, 5) is 0. The molecule has 4 nitrogen and oxygen atoms in total. The molecule has 1 aliphatic rings. The quantitative estimate of drug-likeness (QED) is 0.749. The molecule has 18 heavy (non-hydrogen) atoms. The summed E-state index contributed by atoms with van der Waals surface area (Å²) in [7, 11) is 3.41. The maximum Gasteiger partial charge on any atom is 0.118 e. The van der Waals surface area contributed by atoms with E-state index in [9.17, 15) is 0 Å². The van der Waals surface area contributed by atoms with Crippen molar-refractivity contribution in [1.29, 1.82) is 0 Å². The molecule has 4 heteroatoms. The molecule has 0 spiro atoms. The second-order valence-electron chi connectivity index (χ2n) is 4.43. The van der Waals surface area contributed by atoms with E-state index in [1.807, 2.05) is 30.5 Å². The molecule has 98 valence electrons. The van der Waals surface area contributed by atoms with Crippen LogP contribution in [-0.4, -0.2) is 44.6 Å². The first-order chi connectivity index (χ1) is 8.83. The molecule has 2 rings (SSSR count). The number of ether oxygens (including phenoxy) is 2. The zero-order valence-corrected chi connectivity index (χ0v) is 11.0. The average molecular weight is 248 g/mol. The summed E-state index contributed by atoms with van der Waals surface area (Å²) >= 11 is 0. The highest BCUT2D eigenvalue weighted by molar-refractivity contribution is 5.79. The Labute approximate surface area is 108 Å². The van der Waals surface area contributed by atoms with Crippen molar-refractivity contribution in [2.75, 3.05) is 27.4 Å². The van der Waals surface area contributed by atoms with Gasteiger partial charge in [-0.25, -0.2) is 0 Å². The van der Waals surface area contributed by atoms with Gasteiger partial charge in [-0.05, 0) is 42.7 Å². The summed E-state index contributed by atoms with van der Waals surface area (Å²) < 4.78 is 10.3. The number of hydrazone groups is 1. The van der Waals surface area contributed by atoms with E-state index in [0.717, 1.165) is 30.9 Å². The van der Waals surface area contributed by atoms with Crippen LogP contribution in [-0.2, 0) is 4.74 Å². The van der Waals surface area contributed by atoms with E-state index >= 15 is 0 Å². The van der Waals surface area contributed by atoms with Crippen LogP contribution >= 0.6 is 0 Å². The Hall–Kier alpha value is -1.55. The minimum atomic E-state index is 0.421. The van der Waals surface area contributed by atoms with Gasteiger partial charge in [0, 0.05) is 13.7 Å². The van der Waals surface area contributed by atoms with Crippen LogP contribution in [0.1, 0.15) is 18.4 Å². The van der Waals surface area contributed by atoms with Crippen LogP contribution in [0, 0.1) is 0 Å². The van der Waals surface area contributed by atoms with Crippen molar-refractivity contribution in [2.45, 2.75) is 18.9 Å². The predicted molar refractivity (Wildman–Crippen MR) is 72.2 cm³/mol. The lowest BCUT2D eigenvalue weighted by atomic mass is 10.2. The zero-order chi connectivity index (χ0) is 12.8. The Kier molecular flexibility index (Phi) is 4.59. The zero-order valence-electron chi connectivity index (χ0n) is 11.0. The van der Waals surface area contributed by atoms with E-state index in [4.69, 9.17) is 9.47 Å². The number of methoxy groups -OCH3 is 2. The van der Waals surface area contributed by atoms with Crippen LogP contribution in [0.15, 0.2) is 29.4 Å². The van der Waals surface area contributed by atoms with Crippen molar-refractivity contribution in [3.63, 3.8) is 0 Å². The van der Waals surface area contributed by atoms with Gasteiger partial charge < -0.3 is 9.47 Å². The van der Waals surface area contributed by atoms with Gasteiger partial charge in [-0.2, -0.15) is 5.10 Å². The molecular formula is C14H20N2O2. The highest BCUT2D eigenvalue weighted by Gasteiger charge is 2.22. The minimum absolute atomic E-state index is 0.421. The molecule has 1 aromatic carbocycles. The van der Waals surface area contributed by atoms with Crippen molar-refractivity contribution in [2.24, 2.45) is 5.10 Å². The molecule has 1 saturated heterocycles. The minimum Gasteiger partial charge on any atom is -0.497 e. The number of nitrogens with zero attached hydrogens (tertiary/aromatic N) is 2. The van der Waals surface area contributed by atoms with Crippen molar-refractivity contribution < 1.29 is 9.47 Å². The van der Waals surface area contributed by atoms with Crippen LogP contribution in [0.25, 0.3) is 0 Å². The lowest BCUT2D eigenvalue weighted by Crippen LogP contribution is -2.28. The summed E-state index contributed by atoms with van der Waals surface area (Å²) in [5.41, 5.74) is 1.08. The molecule has 1 aliphatic heterocycles. The van der Waals surface area contributed by atoms with Crippen LogP contribution in [0.2, 0.25) is 0 Å². The van der Waals surface area contributed by atoms with Crippen molar-refractivity contribution in [3.8, 4) is 5.75 Å². The fraction of sp³-hybridized carbons (Fsp3) is 0.500. The van der Waals surface area contributed by atoms with E-state index < -0.39 is 0 Å². The summed E-state index contributed by atoms with van der Waals surface area (Å²) in [6.45, 7) is 1.76. The number of benzene rings is 1. The predicted octanol–water partition coefficient (Wildman–Crippen LogP) is 2.14. The first-order valence-electron chi connectivity index (χ1n) is 6.27. The third kappa shape index (κ3) is 3.23. The van der Waals surface area contributed by atoms with E-state index in [1.54, 1.807) is 14.2 Å². The lowest BCUT2D eigenvalue weighted by Gasteiger charge is -2.20. The van der Waals surface area contributed by atoms with Gasteiger partial charge in [0.15, 0.2) is 0 Å². The standard InChI is InChI=1S/C14H20N2O2/c1-17-11-13-4-3-9-16(13)15-10-12-5-7-14(18-2)8-6-12/h5-8,10,13H,3-4,9,11H2,1-2H3/b15-10+/t13-/m0/s1. The molecule has 0 bridgehead atoms. The van der Waals surface area contributed by atoms with Gasteiger partial charge in [-0.3, -0.25) is 5.01 Å². The maximum atomic E-state index is 5.21.